The molecular weight excluding hydrogens is 515 g/mol. The average Bonchev–Trinajstić information content (AvgIpc) is 2.86. The van der Waals surface area contributed by atoms with E-state index in [4.69, 9.17) is 9.47 Å². The Morgan fingerprint density at radius 2 is 1.71 bits per heavy atom. The van der Waals surface area contributed by atoms with Crippen LogP contribution in [0.3, 0.4) is 0 Å². The van der Waals surface area contributed by atoms with E-state index in [1.165, 1.54) is 43.5 Å². The highest BCUT2D eigenvalue weighted by molar-refractivity contribution is 7.89. The lowest BCUT2D eigenvalue weighted by Gasteiger charge is -2.35. The third kappa shape index (κ3) is 8.84. The van der Waals surface area contributed by atoms with Gasteiger partial charge in [-0.15, -0.1) is 0 Å². The minimum absolute atomic E-state index is 0.0612. The lowest BCUT2D eigenvalue weighted by Crippen LogP contribution is -2.53. The number of halogens is 1. The highest BCUT2D eigenvalue weighted by Gasteiger charge is 2.29. The van der Waals surface area contributed by atoms with E-state index in [0.29, 0.717) is 25.4 Å². The highest BCUT2D eigenvalue weighted by atomic mass is 32.2. The van der Waals surface area contributed by atoms with Crippen molar-refractivity contribution >= 4 is 27.5 Å². The number of carbonyl (C=O) groups is 2. The molecule has 208 valence electrons. The molecule has 1 aliphatic rings. The number of sulfonamides is 1. The van der Waals surface area contributed by atoms with Gasteiger partial charge in [0, 0.05) is 50.1 Å². The molecule has 3 N–H and O–H groups in total. The Bertz CT molecular complexity index is 1180. The molecule has 0 aromatic heterocycles. The van der Waals surface area contributed by atoms with E-state index >= 15 is 0 Å². The molecule has 1 atom stereocenters. The van der Waals surface area contributed by atoms with Crippen molar-refractivity contribution in [1.82, 2.24) is 14.9 Å². The molecule has 0 saturated carbocycles. The predicted molar refractivity (Wildman–Crippen MR) is 141 cm³/mol. The second-order valence-corrected chi connectivity index (χ2v) is 11.4. The van der Waals surface area contributed by atoms with Crippen LogP contribution in [-0.4, -0.2) is 83.3 Å². The first-order valence-corrected chi connectivity index (χ1v) is 13.8. The first kappa shape index (κ1) is 29.7. The Morgan fingerprint density at radius 3 is 2.32 bits per heavy atom. The summed E-state index contributed by atoms with van der Waals surface area (Å²) in [6, 6.07) is 9.82. The van der Waals surface area contributed by atoms with Crippen molar-refractivity contribution in [1.29, 1.82) is 0 Å². The summed E-state index contributed by atoms with van der Waals surface area (Å²) in [6.07, 6.45) is 0.198. The second-order valence-electron chi connectivity index (χ2n) is 9.71. The van der Waals surface area contributed by atoms with E-state index in [9.17, 15) is 22.4 Å². The van der Waals surface area contributed by atoms with Crippen LogP contribution in [0.1, 0.15) is 30.6 Å². The molecule has 1 saturated heterocycles. The van der Waals surface area contributed by atoms with Crippen LogP contribution in [0.15, 0.2) is 53.4 Å². The Balaban J connectivity index is 1.63. The molecule has 0 aliphatic carbocycles. The largest absolute Gasteiger partial charge is 0.385 e. The highest BCUT2D eigenvalue weighted by Crippen LogP contribution is 2.18. The number of nitrogens with zero attached hydrogens (tertiary/aromatic N) is 1. The van der Waals surface area contributed by atoms with E-state index in [2.05, 4.69) is 20.3 Å². The van der Waals surface area contributed by atoms with Gasteiger partial charge in [0.05, 0.1) is 18.1 Å². The van der Waals surface area contributed by atoms with Crippen LogP contribution in [0.2, 0.25) is 0 Å². The maximum Gasteiger partial charge on any atom is 0.251 e. The lowest BCUT2D eigenvalue weighted by atomic mass is 10.1. The minimum atomic E-state index is -3.81. The van der Waals surface area contributed by atoms with E-state index in [1.807, 2.05) is 13.8 Å². The fourth-order valence-corrected chi connectivity index (χ4v) is 5.47. The van der Waals surface area contributed by atoms with Crippen LogP contribution in [-0.2, 0) is 24.3 Å². The molecule has 2 aromatic rings. The first-order chi connectivity index (χ1) is 18.0. The summed E-state index contributed by atoms with van der Waals surface area (Å²) in [6.45, 7) is 7.15. The van der Waals surface area contributed by atoms with Gasteiger partial charge in [0.15, 0.2) is 0 Å². The lowest BCUT2D eigenvalue weighted by molar-refractivity contribution is -0.118. The molecule has 1 fully saturated rings. The molecule has 2 aromatic carbocycles. The van der Waals surface area contributed by atoms with Crippen LogP contribution >= 0.6 is 0 Å². The molecule has 0 radical (unpaired) electrons. The monoisotopic (exact) mass is 550 g/mol. The zero-order chi connectivity index (χ0) is 27.8. The number of benzene rings is 2. The Hall–Kier alpha value is -2.90. The van der Waals surface area contributed by atoms with Crippen LogP contribution in [0.5, 0.6) is 0 Å². The smallest absolute Gasteiger partial charge is 0.251 e. The molecule has 0 unspecified atom stereocenters. The fourth-order valence-electron chi connectivity index (χ4n) is 4.07. The number of morpholine rings is 1. The number of nitrogens with one attached hydrogen (secondary N) is 3. The predicted octanol–water partition coefficient (Wildman–Crippen LogP) is 1.99. The third-order valence-corrected chi connectivity index (χ3v) is 7.62. The quantitative estimate of drug-likeness (QED) is 0.369. The van der Waals surface area contributed by atoms with Gasteiger partial charge >= 0.3 is 0 Å². The van der Waals surface area contributed by atoms with Crippen molar-refractivity contribution in [2.45, 2.75) is 36.7 Å². The normalized spacial score (nSPS) is 15.6. The summed E-state index contributed by atoms with van der Waals surface area (Å²) < 4.78 is 52.3. The van der Waals surface area contributed by atoms with E-state index < -0.39 is 39.2 Å². The summed E-state index contributed by atoms with van der Waals surface area (Å²) >= 11 is 0. The maximum atomic E-state index is 13.2. The SMILES string of the molecule is COCC[C@H](NC(=O)c1ccc(F)cc1)C(=O)Nc1ccc(S(=O)(=O)NC(C)(C)CN2CCOCC2)cc1. The molecular formula is C26H35FN4O6S. The minimum Gasteiger partial charge on any atom is -0.385 e. The van der Waals surface area contributed by atoms with Crippen molar-refractivity contribution in [3.63, 3.8) is 0 Å². The number of hydrogen-bond acceptors (Lipinski definition) is 7. The number of ether oxygens (including phenoxy) is 2. The number of methoxy groups -OCH3 is 1. The summed E-state index contributed by atoms with van der Waals surface area (Å²) in [5, 5.41) is 5.33. The van der Waals surface area contributed by atoms with Crippen molar-refractivity contribution < 1.29 is 31.9 Å². The van der Waals surface area contributed by atoms with Crippen molar-refractivity contribution in [3.8, 4) is 0 Å². The summed E-state index contributed by atoms with van der Waals surface area (Å²) in [7, 11) is -2.33. The number of anilines is 1. The third-order valence-electron chi connectivity index (χ3n) is 5.90. The molecule has 12 heteroatoms. The van der Waals surface area contributed by atoms with E-state index in [0.717, 1.165) is 25.2 Å². The summed E-state index contributed by atoms with van der Waals surface area (Å²) in [5.74, 6) is -1.51. The van der Waals surface area contributed by atoms with E-state index in [-0.39, 0.29) is 23.5 Å². The summed E-state index contributed by atoms with van der Waals surface area (Å²) in [4.78, 5) is 27.7. The van der Waals surface area contributed by atoms with Crippen molar-refractivity contribution in [2.24, 2.45) is 0 Å². The van der Waals surface area contributed by atoms with Gasteiger partial charge in [0.25, 0.3) is 5.91 Å². The molecule has 10 nitrogen and oxygen atoms in total. The zero-order valence-corrected chi connectivity index (χ0v) is 22.6. The van der Waals surface area contributed by atoms with Crippen LogP contribution in [0, 0.1) is 5.82 Å². The number of amides is 2. The Morgan fingerprint density at radius 1 is 1.08 bits per heavy atom. The van der Waals surface area contributed by atoms with Crippen molar-refractivity contribution in [3.05, 3.63) is 59.9 Å². The molecule has 0 bridgehead atoms. The van der Waals surface area contributed by atoms with Gasteiger partial charge in [0.1, 0.15) is 11.9 Å². The standard InChI is InChI=1S/C26H35FN4O6S/c1-26(2,18-31-13-16-37-17-14-31)30-38(34,35)22-10-8-21(9-11-22)28-25(33)23(12-15-36-3)29-24(32)19-4-6-20(27)7-5-19/h4-11,23,30H,12-18H2,1-3H3,(H,28,33)(H,29,32)/t23-/m0/s1. The Labute approximate surface area is 222 Å². The fraction of sp³-hybridized carbons (Fsp3) is 0.462. The van der Waals surface area contributed by atoms with Crippen molar-refractivity contribution in [2.75, 3.05) is 51.9 Å². The maximum absolute atomic E-state index is 13.2. The summed E-state index contributed by atoms with van der Waals surface area (Å²) in [5.41, 5.74) is -0.138. The van der Waals surface area contributed by atoms with Gasteiger partial charge < -0.3 is 20.1 Å². The number of hydrogen-bond donors (Lipinski definition) is 3. The van der Waals surface area contributed by atoms with Crippen LogP contribution in [0.25, 0.3) is 0 Å². The number of carbonyl (C=O) groups excluding carboxylic acids is 2. The van der Waals surface area contributed by atoms with Gasteiger partial charge in [-0.25, -0.2) is 17.5 Å². The van der Waals surface area contributed by atoms with Gasteiger partial charge in [-0.3, -0.25) is 14.5 Å². The molecule has 1 heterocycles. The van der Waals surface area contributed by atoms with E-state index in [1.54, 1.807) is 0 Å². The molecule has 1 aliphatic heterocycles. The van der Waals surface area contributed by atoms with Gasteiger partial charge in [0.2, 0.25) is 15.9 Å². The number of rotatable bonds is 12. The Kier molecular flexibility index (Phi) is 10.3. The first-order valence-electron chi connectivity index (χ1n) is 12.3. The molecule has 2 amide bonds. The van der Waals surface area contributed by atoms with Gasteiger partial charge in [-0.1, -0.05) is 0 Å². The van der Waals surface area contributed by atoms with Crippen LogP contribution < -0.4 is 15.4 Å². The molecule has 38 heavy (non-hydrogen) atoms. The molecule has 0 spiro atoms. The topological polar surface area (TPSA) is 126 Å². The van der Waals surface area contributed by atoms with Gasteiger partial charge in [-0.2, -0.15) is 0 Å². The molecule has 3 rings (SSSR count). The van der Waals surface area contributed by atoms with Gasteiger partial charge in [-0.05, 0) is 68.8 Å². The average molecular weight is 551 g/mol. The van der Waals surface area contributed by atoms with Crippen LogP contribution in [0.4, 0.5) is 10.1 Å². The second kappa shape index (κ2) is 13.3. The zero-order valence-electron chi connectivity index (χ0n) is 21.8.